The summed E-state index contributed by atoms with van der Waals surface area (Å²) in [6.07, 6.45) is 3.08. The number of amides is 2. The monoisotopic (exact) mass is 482 g/mol. The fraction of sp³-hybridized carbons (Fsp3) is 0.458. The van der Waals surface area contributed by atoms with Crippen LogP contribution in [-0.4, -0.2) is 56.6 Å². The van der Waals surface area contributed by atoms with Crippen molar-refractivity contribution >= 4 is 39.5 Å². The van der Waals surface area contributed by atoms with Gasteiger partial charge in [0.05, 0.1) is 28.0 Å². The Morgan fingerprint density at radius 1 is 1.26 bits per heavy atom. The van der Waals surface area contributed by atoms with Crippen molar-refractivity contribution in [2.24, 2.45) is 0 Å². The van der Waals surface area contributed by atoms with E-state index in [2.05, 4.69) is 25.6 Å². The highest BCUT2D eigenvalue weighted by Crippen LogP contribution is 2.26. The van der Waals surface area contributed by atoms with Gasteiger partial charge in [0.25, 0.3) is 5.91 Å². The molecule has 1 fully saturated rings. The summed E-state index contributed by atoms with van der Waals surface area (Å²) in [5, 5.41) is 8.11. The molecule has 1 aliphatic heterocycles. The van der Waals surface area contributed by atoms with Gasteiger partial charge in [-0.15, -0.1) is 11.3 Å². The standard InChI is InChI=1S/C24H30N6O3S/c1-15(17-9-5-6-11-25-17)27-22-28-18-10-13-34-20(18)19(29-22)21(31)26-14-16-8-7-12-30(16)23(32)33-24(2,3)4/h5-6,9-11,13,15-16H,7-8,12,14H2,1-4H3,(H,26,31)(H,27,28,29). The Hall–Kier alpha value is -3.27. The van der Waals surface area contributed by atoms with E-state index in [0.717, 1.165) is 23.2 Å². The maximum Gasteiger partial charge on any atom is 0.410 e. The topological polar surface area (TPSA) is 109 Å². The number of pyridine rings is 1. The SMILES string of the molecule is CC(Nc1nc(C(=O)NCC2CCCN2C(=O)OC(C)(C)C)c2sccc2n1)c1ccccn1. The van der Waals surface area contributed by atoms with Crippen LogP contribution in [0.15, 0.2) is 35.8 Å². The Balaban J connectivity index is 1.47. The van der Waals surface area contributed by atoms with E-state index in [4.69, 9.17) is 4.74 Å². The highest BCUT2D eigenvalue weighted by atomic mass is 32.1. The molecule has 4 rings (SSSR count). The van der Waals surface area contributed by atoms with E-state index in [0.29, 0.717) is 30.2 Å². The lowest BCUT2D eigenvalue weighted by Crippen LogP contribution is -2.45. The molecule has 2 amide bonds. The molecule has 34 heavy (non-hydrogen) atoms. The largest absolute Gasteiger partial charge is 0.444 e. The molecule has 0 bridgehead atoms. The molecule has 0 aliphatic carbocycles. The zero-order valence-electron chi connectivity index (χ0n) is 19.9. The van der Waals surface area contributed by atoms with Crippen molar-refractivity contribution in [2.75, 3.05) is 18.4 Å². The van der Waals surface area contributed by atoms with Crippen LogP contribution < -0.4 is 10.6 Å². The molecule has 0 radical (unpaired) electrons. The van der Waals surface area contributed by atoms with Crippen molar-refractivity contribution in [1.82, 2.24) is 25.2 Å². The Morgan fingerprint density at radius 3 is 2.82 bits per heavy atom. The number of anilines is 1. The Bertz CT molecular complexity index is 1160. The van der Waals surface area contributed by atoms with Crippen LogP contribution in [-0.2, 0) is 4.74 Å². The summed E-state index contributed by atoms with van der Waals surface area (Å²) in [6.45, 7) is 8.46. The molecule has 2 unspecified atom stereocenters. The zero-order valence-corrected chi connectivity index (χ0v) is 20.7. The van der Waals surface area contributed by atoms with Crippen LogP contribution in [0.5, 0.6) is 0 Å². The van der Waals surface area contributed by atoms with Gasteiger partial charge in [0.15, 0.2) is 5.69 Å². The average Bonchev–Trinajstić information content (AvgIpc) is 3.45. The summed E-state index contributed by atoms with van der Waals surface area (Å²) in [5.74, 6) is 0.0740. The van der Waals surface area contributed by atoms with Crippen molar-refractivity contribution in [3.8, 4) is 0 Å². The summed E-state index contributed by atoms with van der Waals surface area (Å²) in [7, 11) is 0. The number of hydrogen-bond donors (Lipinski definition) is 2. The van der Waals surface area contributed by atoms with Crippen LogP contribution in [0.3, 0.4) is 0 Å². The van der Waals surface area contributed by atoms with Crippen molar-refractivity contribution in [2.45, 2.75) is 58.2 Å². The van der Waals surface area contributed by atoms with Crippen LogP contribution in [0, 0.1) is 0 Å². The molecule has 0 aromatic carbocycles. The predicted molar refractivity (Wildman–Crippen MR) is 132 cm³/mol. The number of aromatic nitrogens is 3. The quantitative estimate of drug-likeness (QED) is 0.536. The molecule has 3 aromatic rings. The summed E-state index contributed by atoms with van der Waals surface area (Å²) in [4.78, 5) is 40.9. The van der Waals surface area contributed by atoms with Crippen molar-refractivity contribution in [3.63, 3.8) is 0 Å². The molecule has 0 spiro atoms. The number of nitrogens with zero attached hydrogens (tertiary/aromatic N) is 4. The number of thiophene rings is 1. The number of likely N-dealkylation sites (tertiary alicyclic amines) is 1. The van der Waals surface area contributed by atoms with Gasteiger partial charge in [0.2, 0.25) is 5.95 Å². The van der Waals surface area contributed by atoms with Crippen LogP contribution in [0.4, 0.5) is 10.7 Å². The average molecular weight is 483 g/mol. The van der Waals surface area contributed by atoms with Crippen LogP contribution in [0.2, 0.25) is 0 Å². The second kappa shape index (κ2) is 9.92. The smallest absolute Gasteiger partial charge is 0.410 e. The first-order chi connectivity index (χ1) is 16.2. The molecule has 0 saturated carbocycles. The number of hydrogen-bond acceptors (Lipinski definition) is 8. The summed E-state index contributed by atoms with van der Waals surface area (Å²) in [5.41, 5.74) is 1.32. The maximum absolute atomic E-state index is 13.2. The molecule has 9 nitrogen and oxygen atoms in total. The first kappa shape index (κ1) is 23.9. The molecule has 1 aliphatic rings. The third kappa shape index (κ3) is 5.61. The highest BCUT2D eigenvalue weighted by Gasteiger charge is 2.32. The lowest BCUT2D eigenvalue weighted by Gasteiger charge is -2.28. The summed E-state index contributed by atoms with van der Waals surface area (Å²) < 4.78 is 6.25. The lowest BCUT2D eigenvalue weighted by molar-refractivity contribution is 0.0225. The summed E-state index contributed by atoms with van der Waals surface area (Å²) in [6, 6.07) is 7.34. The maximum atomic E-state index is 13.2. The van der Waals surface area contributed by atoms with Gasteiger partial charge in [0.1, 0.15) is 5.60 Å². The normalized spacial score (nSPS) is 16.9. The van der Waals surface area contributed by atoms with Crippen molar-refractivity contribution in [1.29, 1.82) is 0 Å². The van der Waals surface area contributed by atoms with Gasteiger partial charge in [-0.05, 0) is 64.1 Å². The lowest BCUT2D eigenvalue weighted by atomic mass is 10.2. The second-order valence-corrected chi connectivity index (χ2v) is 10.2. The van der Waals surface area contributed by atoms with E-state index >= 15 is 0 Å². The molecule has 1 saturated heterocycles. The molecule has 2 atom stereocenters. The molecule has 2 N–H and O–H groups in total. The third-order valence-electron chi connectivity index (χ3n) is 5.50. The molecular formula is C24H30N6O3S. The molecule has 180 valence electrons. The molecule has 4 heterocycles. The van der Waals surface area contributed by atoms with E-state index in [9.17, 15) is 9.59 Å². The van der Waals surface area contributed by atoms with E-state index in [1.165, 1.54) is 11.3 Å². The Morgan fingerprint density at radius 2 is 2.09 bits per heavy atom. The molecule has 3 aromatic heterocycles. The number of rotatable bonds is 6. The number of carbonyl (C=O) groups is 2. The van der Waals surface area contributed by atoms with Crippen LogP contribution in [0.1, 0.15) is 62.8 Å². The van der Waals surface area contributed by atoms with Crippen molar-refractivity contribution < 1.29 is 14.3 Å². The van der Waals surface area contributed by atoms with Crippen LogP contribution >= 0.6 is 11.3 Å². The van der Waals surface area contributed by atoms with Gasteiger partial charge in [0, 0.05) is 19.3 Å². The van der Waals surface area contributed by atoms with Crippen molar-refractivity contribution in [3.05, 3.63) is 47.2 Å². The van der Waals surface area contributed by atoms with E-state index < -0.39 is 5.60 Å². The molecule has 10 heteroatoms. The highest BCUT2D eigenvalue weighted by molar-refractivity contribution is 7.17. The first-order valence-electron chi connectivity index (χ1n) is 11.4. The third-order valence-corrected chi connectivity index (χ3v) is 6.41. The van der Waals surface area contributed by atoms with Gasteiger partial charge in [-0.1, -0.05) is 6.07 Å². The van der Waals surface area contributed by atoms with Gasteiger partial charge in [-0.3, -0.25) is 9.78 Å². The Kier molecular flexibility index (Phi) is 6.97. The Labute approximate surface area is 203 Å². The van der Waals surface area contributed by atoms with Gasteiger partial charge < -0.3 is 20.3 Å². The van der Waals surface area contributed by atoms with Gasteiger partial charge in [-0.2, -0.15) is 0 Å². The zero-order chi connectivity index (χ0) is 24.3. The summed E-state index contributed by atoms with van der Waals surface area (Å²) >= 11 is 1.43. The van der Waals surface area contributed by atoms with Gasteiger partial charge >= 0.3 is 6.09 Å². The minimum Gasteiger partial charge on any atom is -0.444 e. The number of fused-ring (bicyclic) bond motifs is 1. The number of nitrogens with one attached hydrogen (secondary N) is 2. The second-order valence-electron chi connectivity index (χ2n) is 9.33. The van der Waals surface area contributed by atoms with E-state index in [1.54, 1.807) is 11.1 Å². The first-order valence-corrected chi connectivity index (χ1v) is 12.3. The fourth-order valence-corrected chi connectivity index (χ4v) is 4.70. The van der Waals surface area contributed by atoms with E-state index in [1.807, 2.05) is 57.3 Å². The number of ether oxygens (including phenoxy) is 1. The van der Waals surface area contributed by atoms with Gasteiger partial charge in [-0.25, -0.2) is 14.8 Å². The van der Waals surface area contributed by atoms with E-state index in [-0.39, 0.29) is 24.1 Å². The predicted octanol–water partition coefficient (Wildman–Crippen LogP) is 4.39. The molecular weight excluding hydrogens is 452 g/mol. The minimum atomic E-state index is -0.561. The fourth-order valence-electron chi connectivity index (χ4n) is 3.88. The number of carbonyl (C=O) groups excluding carboxylic acids is 2. The minimum absolute atomic E-state index is 0.110. The van der Waals surface area contributed by atoms with Crippen LogP contribution in [0.25, 0.3) is 10.2 Å².